The van der Waals surface area contributed by atoms with Crippen molar-refractivity contribution in [3.05, 3.63) is 76.0 Å². The van der Waals surface area contributed by atoms with Gasteiger partial charge < -0.3 is 9.42 Å². The fourth-order valence-corrected chi connectivity index (χ4v) is 3.81. The van der Waals surface area contributed by atoms with Crippen LogP contribution in [-0.4, -0.2) is 47.0 Å². The lowest BCUT2D eigenvalue weighted by Crippen LogP contribution is -2.48. The van der Waals surface area contributed by atoms with Crippen molar-refractivity contribution in [3.8, 4) is 11.3 Å². The van der Waals surface area contributed by atoms with E-state index in [4.69, 9.17) is 27.7 Å². The maximum absolute atomic E-state index is 12.5. The third-order valence-corrected chi connectivity index (χ3v) is 5.37. The summed E-state index contributed by atoms with van der Waals surface area (Å²) < 4.78 is 5.49. The summed E-state index contributed by atoms with van der Waals surface area (Å²) in [5.74, 6) is 0.850. The monoisotopic (exact) mass is 415 g/mol. The summed E-state index contributed by atoms with van der Waals surface area (Å²) in [5.41, 5.74) is 2.21. The number of rotatable bonds is 4. The summed E-state index contributed by atoms with van der Waals surface area (Å²) >= 11 is 12.2. The molecule has 1 amide bonds. The van der Waals surface area contributed by atoms with Gasteiger partial charge in [0.15, 0.2) is 5.76 Å². The van der Waals surface area contributed by atoms with E-state index in [1.807, 2.05) is 47.4 Å². The minimum Gasteiger partial charge on any atom is -0.359 e. The number of halogens is 2. The molecule has 1 fully saturated rings. The topological polar surface area (TPSA) is 49.6 Å². The van der Waals surface area contributed by atoms with Gasteiger partial charge in [-0.1, -0.05) is 46.6 Å². The number of carbonyl (C=O) groups is 1. The average molecular weight is 416 g/mol. The Kier molecular flexibility index (Phi) is 5.67. The molecule has 2 heterocycles. The van der Waals surface area contributed by atoms with Gasteiger partial charge in [-0.15, -0.1) is 0 Å². The molecule has 1 aliphatic rings. The van der Waals surface area contributed by atoms with Crippen LogP contribution in [0.4, 0.5) is 0 Å². The largest absolute Gasteiger partial charge is 0.359 e. The van der Waals surface area contributed by atoms with Crippen LogP contribution in [0.3, 0.4) is 0 Å². The van der Waals surface area contributed by atoms with Crippen molar-refractivity contribution in [1.29, 1.82) is 0 Å². The molecular weight excluding hydrogens is 397 g/mol. The smallest absolute Gasteiger partial charge is 0.253 e. The van der Waals surface area contributed by atoms with E-state index in [1.54, 1.807) is 12.1 Å². The first kappa shape index (κ1) is 19.0. The molecular formula is C21H19Cl2N3O2. The van der Waals surface area contributed by atoms with Gasteiger partial charge in [-0.3, -0.25) is 9.69 Å². The van der Waals surface area contributed by atoms with E-state index >= 15 is 0 Å². The quantitative estimate of drug-likeness (QED) is 0.624. The Hall–Kier alpha value is -2.34. The lowest BCUT2D eigenvalue weighted by Gasteiger charge is -2.34. The highest BCUT2D eigenvalue weighted by Gasteiger charge is 2.23. The van der Waals surface area contributed by atoms with Gasteiger partial charge in [0, 0.05) is 48.4 Å². The van der Waals surface area contributed by atoms with E-state index in [2.05, 4.69) is 10.1 Å². The van der Waals surface area contributed by atoms with E-state index in [0.717, 1.165) is 30.0 Å². The number of hydrogen-bond acceptors (Lipinski definition) is 4. The standard InChI is InChI=1S/C21H19Cl2N3O2/c22-16-6-7-18(19(23)12-16)20-13-17(28-24-20)14-25-8-10-26(11-9-25)21(27)15-4-2-1-3-5-15/h1-7,12-13H,8-11,14H2. The number of hydrogen-bond donors (Lipinski definition) is 0. The van der Waals surface area contributed by atoms with E-state index in [0.29, 0.717) is 35.4 Å². The molecule has 1 saturated heterocycles. The molecule has 3 aromatic rings. The molecule has 0 saturated carbocycles. The van der Waals surface area contributed by atoms with Crippen LogP contribution in [0.5, 0.6) is 0 Å². The fraction of sp³-hybridized carbons (Fsp3) is 0.238. The number of benzene rings is 2. The molecule has 0 unspecified atom stereocenters. The van der Waals surface area contributed by atoms with Gasteiger partial charge in [-0.25, -0.2) is 0 Å². The predicted molar refractivity (Wildman–Crippen MR) is 110 cm³/mol. The maximum Gasteiger partial charge on any atom is 0.253 e. The molecule has 28 heavy (non-hydrogen) atoms. The van der Waals surface area contributed by atoms with Gasteiger partial charge in [0.2, 0.25) is 0 Å². The van der Waals surface area contributed by atoms with Gasteiger partial charge in [0.25, 0.3) is 5.91 Å². The number of nitrogens with zero attached hydrogens (tertiary/aromatic N) is 3. The second kappa shape index (κ2) is 8.35. The van der Waals surface area contributed by atoms with Crippen LogP contribution in [0.15, 0.2) is 59.1 Å². The second-order valence-electron chi connectivity index (χ2n) is 6.74. The average Bonchev–Trinajstić information content (AvgIpc) is 3.17. The van der Waals surface area contributed by atoms with Crippen molar-refractivity contribution in [2.75, 3.05) is 26.2 Å². The SMILES string of the molecule is O=C(c1ccccc1)N1CCN(Cc2cc(-c3ccc(Cl)cc3Cl)no2)CC1. The molecule has 1 aliphatic heterocycles. The highest BCUT2D eigenvalue weighted by Crippen LogP contribution is 2.30. The molecule has 5 nitrogen and oxygen atoms in total. The van der Waals surface area contributed by atoms with Crippen molar-refractivity contribution in [1.82, 2.24) is 15.0 Å². The zero-order valence-electron chi connectivity index (χ0n) is 15.1. The van der Waals surface area contributed by atoms with Crippen LogP contribution in [0.25, 0.3) is 11.3 Å². The highest BCUT2D eigenvalue weighted by molar-refractivity contribution is 6.36. The number of amides is 1. The Morgan fingerprint density at radius 3 is 2.46 bits per heavy atom. The second-order valence-corrected chi connectivity index (χ2v) is 7.58. The van der Waals surface area contributed by atoms with Crippen LogP contribution in [-0.2, 0) is 6.54 Å². The Balaban J connectivity index is 1.35. The number of carbonyl (C=O) groups excluding carboxylic acids is 1. The molecule has 0 bridgehead atoms. The Morgan fingerprint density at radius 2 is 1.75 bits per heavy atom. The summed E-state index contributed by atoms with van der Waals surface area (Å²) in [5, 5.41) is 5.26. The summed E-state index contributed by atoms with van der Waals surface area (Å²) in [6.07, 6.45) is 0. The normalized spacial score (nSPS) is 15.0. The first-order valence-corrected chi connectivity index (χ1v) is 9.83. The van der Waals surface area contributed by atoms with Crippen molar-refractivity contribution in [3.63, 3.8) is 0 Å². The number of aromatic nitrogens is 1. The summed E-state index contributed by atoms with van der Waals surface area (Å²) in [4.78, 5) is 16.7. The summed E-state index contributed by atoms with van der Waals surface area (Å²) in [6.45, 7) is 3.60. The molecule has 0 aliphatic carbocycles. The molecule has 1 aromatic heterocycles. The first-order chi connectivity index (χ1) is 13.6. The third-order valence-electron chi connectivity index (χ3n) is 4.83. The minimum absolute atomic E-state index is 0.0829. The van der Waals surface area contributed by atoms with Gasteiger partial charge >= 0.3 is 0 Å². The predicted octanol–water partition coefficient (Wildman–Crippen LogP) is 4.61. The maximum atomic E-state index is 12.5. The van der Waals surface area contributed by atoms with Crippen molar-refractivity contribution in [2.24, 2.45) is 0 Å². The molecule has 0 N–H and O–H groups in total. The Bertz CT molecular complexity index is 967. The molecule has 4 rings (SSSR count). The minimum atomic E-state index is 0.0829. The molecule has 144 valence electrons. The van der Waals surface area contributed by atoms with Crippen LogP contribution in [0, 0.1) is 0 Å². The van der Waals surface area contributed by atoms with Gasteiger partial charge in [-0.2, -0.15) is 0 Å². The first-order valence-electron chi connectivity index (χ1n) is 9.08. The summed E-state index contributed by atoms with van der Waals surface area (Å²) in [6, 6.07) is 16.6. The van der Waals surface area contributed by atoms with Crippen LogP contribution < -0.4 is 0 Å². The van der Waals surface area contributed by atoms with Gasteiger partial charge in [0.05, 0.1) is 11.6 Å². The molecule has 0 radical (unpaired) electrons. The Morgan fingerprint density at radius 1 is 1.00 bits per heavy atom. The van der Waals surface area contributed by atoms with Gasteiger partial charge in [0.1, 0.15) is 5.69 Å². The highest BCUT2D eigenvalue weighted by atomic mass is 35.5. The molecule has 7 heteroatoms. The zero-order valence-corrected chi connectivity index (χ0v) is 16.7. The molecule has 2 aromatic carbocycles. The molecule has 0 spiro atoms. The van der Waals surface area contributed by atoms with Crippen LogP contribution >= 0.6 is 23.2 Å². The zero-order chi connectivity index (χ0) is 19.5. The molecule has 0 atom stereocenters. The van der Waals surface area contributed by atoms with Crippen LogP contribution in [0.1, 0.15) is 16.1 Å². The number of piperazine rings is 1. The van der Waals surface area contributed by atoms with E-state index < -0.39 is 0 Å². The fourth-order valence-electron chi connectivity index (χ4n) is 3.30. The van der Waals surface area contributed by atoms with E-state index in [9.17, 15) is 4.79 Å². The van der Waals surface area contributed by atoms with E-state index in [1.165, 1.54) is 0 Å². The van der Waals surface area contributed by atoms with Crippen molar-refractivity contribution < 1.29 is 9.32 Å². The third kappa shape index (κ3) is 4.22. The van der Waals surface area contributed by atoms with E-state index in [-0.39, 0.29) is 5.91 Å². The lowest BCUT2D eigenvalue weighted by atomic mass is 10.1. The van der Waals surface area contributed by atoms with Crippen molar-refractivity contribution >= 4 is 29.1 Å². The van der Waals surface area contributed by atoms with Crippen LogP contribution in [0.2, 0.25) is 10.0 Å². The summed E-state index contributed by atoms with van der Waals surface area (Å²) in [7, 11) is 0. The lowest BCUT2D eigenvalue weighted by molar-refractivity contribution is 0.0617. The Labute approximate surface area is 173 Å². The van der Waals surface area contributed by atoms with Gasteiger partial charge in [-0.05, 0) is 30.3 Å². The van der Waals surface area contributed by atoms with Crippen molar-refractivity contribution in [2.45, 2.75) is 6.54 Å².